The van der Waals surface area contributed by atoms with E-state index in [4.69, 9.17) is 5.11 Å². The lowest BCUT2D eigenvalue weighted by Crippen LogP contribution is -2.12. The third-order valence-electron chi connectivity index (χ3n) is 2.80. The predicted octanol–water partition coefficient (Wildman–Crippen LogP) is 2.44. The predicted molar refractivity (Wildman–Crippen MR) is 59.5 cm³/mol. The van der Waals surface area contributed by atoms with Crippen LogP contribution in [0.5, 0.6) is 0 Å². The summed E-state index contributed by atoms with van der Waals surface area (Å²) in [7, 11) is 0. The number of hydrogen-bond acceptors (Lipinski definition) is 4. The SMILES string of the molecule is O=C(O)c1ncsc1NCC1CCCC1. The van der Waals surface area contributed by atoms with Gasteiger partial charge in [0.2, 0.25) is 0 Å². The second-order valence-electron chi connectivity index (χ2n) is 3.87. The van der Waals surface area contributed by atoms with E-state index in [-0.39, 0.29) is 5.69 Å². The fraction of sp³-hybridized carbons (Fsp3) is 0.600. The van der Waals surface area contributed by atoms with Gasteiger partial charge in [0.25, 0.3) is 0 Å². The molecule has 1 aromatic rings. The lowest BCUT2D eigenvalue weighted by Gasteiger charge is -2.10. The zero-order chi connectivity index (χ0) is 10.7. The smallest absolute Gasteiger partial charge is 0.357 e. The van der Waals surface area contributed by atoms with Gasteiger partial charge in [-0.15, -0.1) is 11.3 Å². The van der Waals surface area contributed by atoms with E-state index >= 15 is 0 Å². The Hall–Kier alpha value is -1.10. The van der Waals surface area contributed by atoms with E-state index in [9.17, 15) is 4.79 Å². The molecule has 1 heterocycles. The Kier molecular flexibility index (Phi) is 3.20. The third kappa shape index (κ3) is 2.47. The normalized spacial score (nSPS) is 16.8. The second-order valence-corrected chi connectivity index (χ2v) is 4.72. The van der Waals surface area contributed by atoms with Crippen LogP contribution in [0.1, 0.15) is 36.2 Å². The first-order chi connectivity index (χ1) is 7.27. The van der Waals surface area contributed by atoms with Gasteiger partial charge in [0.15, 0.2) is 5.69 Å². The highest BCUT2D eigenvalue weighted by atomic mass is 32.1. The summed E-state index contributed by atoms with van der Waals surface area (Å²) in [6.45, 7) is 0.877. The van der Waals surface area contributed by atoms with Gasteiger partial charge < -0.3 is 10.4 Å². The van der Waals surface area contributed by atoms with Crippen LogP contribution in [-0.2, 0) is 0 Å². The molecule has 0 radical (unpaired) electrons. The van der Waals surface area contributed by atoms with Crippen molar-refractivity contribution in [3.8, 4) is 0 Å². The van der Waals surface area contributed by atoms with Crippen LogP contribution in [0.3, 0.4) is 0 Å². The molecule has 0 saturated heterocycles. The minimum absolute atomic E-state index is 0.151. The first kappa shape index (κ1) is 10.4. The molecule has 0 amide bonds. The summed E-state index contributed by atoms with van der Waals surface area (Å²) in [4.78, 5) is 14.6. The number of anilines is 1. The van der Waals surface area contributed by atoms with E-state index in [1.54, 1.807) is 5.51 Å². The van der Waals surface area contributed by atoms with Crippen LogP contribution >= 0.6 is 11.3 Å². The van der Waals surface area contributed by atoms with Gasteiger partial charge in [0, 0.05) is 6.54 Å². The Morgan fingerprint density at radius 1 is 1.60 bits per heavy atom. The van der Waals surface area contributed by atoms with Crippen LogP contribution in [0.15, 0.2) is 5.51 Å². The molecule has 4 nitrogen and oxygen atoms in total. The number of nitrogens with one attached hydrogen (secondary N) is 1. The van der Waals surface area contributed by atoms with E-state index in [0.717, 1.165) is 6.54 Å². The molecule has 0 aliphatic heterocycles. The molecule has 2 rings (SSSR count). The Morgan fingerprint density at radius 3 is 3.00 bits per heavy atom. The Morgan fingerprint density at radius 2 is 2.33 bits per heavy atom. The highest BCUT2D eigenvalue weighted by Gasteiger charge is 2.17. The molecule has 82 valence electrons. The molecule has 0 bridgehead atoms. The topological polar surface area (TPSA) is 62.2 Å². The first-order valence-electron chi connectivity index (χ1n) is 5.18. The fourth-order valence-electron chi connectivity index (χ4n) is 1.98. The van der Waals surface area contributed by atoms with Crippen LogP contribution in [0.4, 0.5) is 5.00 Å². The van der Waals surface area contributed by atoms with E-state index in [1.807, 2.05) is 0 Å². The molecular formula is C10H14N2O2S. The second kappa shape index (κ2) is 4.61. The van der Waals surface area contributed by atoms with Gasteiger partial charge in [-0.25, -0.2) is 9.78 Å². The monoisotopic (exact) mass is 226 g/mol. The molecule has 2 N–H and O–H groups in total. The number of rotatable bonds is 4. The number of carboxylic acid groups (broad SMARTS) is 1. The summed E-state index contributed by atoms with van der Waals surface area (Å²) in [6.07, 6.45) is 5.13. The van der Waals surface area contributed by atoms with Gasteiger partial charge in [-0.1, -0.05) is 12.8 Å². The standard InChI is InChI=1S/C10H14N2O2S/c13-10(14)8-9(15-6-12-8)11-5-7-3-1-2-4-7/h6-7,11H,1-5H2,(H,13,14). The number of aromatic carboxylic acids is 1. The van der Waals surface area contributed by atoms with Gasteiger partial charge in [-0.05, 0) is 18.8 Å². The van der Waals surface area contributed by atoms with Crippen molar-refractivity contribution in [1.29, 1.82) is 0 Å². The van der Waals surface area contributed by atoms with Crippen molar-refractivity contribution in [2.24, 2.45) is 5.92 Å². The Bertz CT molecular complexity index is 345. The van der Waals surface area contributed by atoms with Crippen molar-refractivity contribution < 1.29 is 9.90 Å². The van der Waals surface area contributed by atoms with Gasteiger partial charge in [0.05, 0.1) is 5.51 Å². The molecule has 0 unspecified atom stereocenters. The zero-order valence-corrected chi connectivity index (χ0v) is 9.22. The number of carbonyl (C=O) groups is 1. The summed E-state index contributed by atoms with van der Waals surface area (Å²) < 4.78 is 0. The van der Waals surface area contributed by atoms with E-state index < -0.39 is 5.97 Å². The maximum Gasteiger partial charge on any atom is 0.357 e. The molecule has 1 aromatic heterocycles. The number of aromatic nitrogens is 1. The minimum Gasteiger partial charge on any atom is -0.476 e. The molecule has 5 heteroatoms. The van der Waals surface area contributed by atoms with Crippen LogP contribution < -0.4 is 5.32 Å². The van der Waals surface area contributed by atoms with Crippen molar-refractivity contribution in [2.45, 2.75) is 25.7 Å². The number of thiazole rings is 1. The van der Waals surface area contributed by atoms with Crippen molar-refractivity contribution in [1.82, 2.24) is 4.98 Å². The average Bonchev–Trinajstić information content (AvgIpc) is 2.86. The van der Waals surface area contributed by atoms with Crippen molar-refractivity contribution in [2.75, 3.05) is 11.9 Å². The third-order valence-corrected chi connectivity index (χ3v) is 3.58. The molecule has 15 heavy (non-hydrogen) atoms. The molecule has 1 saturated carbocycles. The van der Waals surface area contributed by atoms with Crippen molar-refractivity contribution in [3.05, 3.63) is 11.2 Å². The highest BCUT2D eigenvalue weighted by molar-refractivity contribution is 7.14. The van der Waals surface area contributed by atoms with Gasteiger partial charge in [-0.2, -0.15) is 0 Å². The van der Waals surface area contributed by atoms with Gasteiger partial charge >= 0.3 is 5.97 Å². The minimum atomic E-state index is -0.954. The number of nitrogens with zero attached hydrogens (tertiary/aromatic N) is 1. The molecule has 1 fully saturated rings. The molecule has 0 atom stereocenters. The quantitative estimate of drug-likeness (QED) is 0.827. The zero-order valence-electron chi connectivity index (χ0n) is 8.40. The van der Waals surface area contributed by atoms with Crippen molar-refractivity contribution >= 4 is 22.3 Å². The van der Waals surface area contributed by atoms with Gasteiger partial charge in [0.1, 0.15) is 5.00 Å². The van der Waals surface area contributed by atoms with Crippen LogP contribution in [-0.4, -0.2) is 22.6 Å². The average molecular weight is 226 g/mol. The van der Waals surface area contributed by atoms with Crippen molar-refractivity contribution in [3.63, 3.8) is 0 Å². The first-order valence-corrected chi connectivity index (χ1v) is 6.06. The van der Waals surface area contributed by atoms with E-state index in [0.29, 0.717) is 10.9 Å². The number of carboxylic acids is 1. The van der Waals surface area contributed by atoms with Crippen LogP contribution in [0.2, 0.25) is 0 Å². The van der Waals surface area contributed by atoms with Gasteiger partial charge in [-0.3, -0.25) is 0 Å². The maximum absolute atomic E-state index is 10.8. The summed E-state index contributed by atoms with van der Waals surface area (Å²) in [5.41, 5.74) is 1.72. The Balaban J connectivity index is 1.92. The maximum atomic E-state index is 10.8. The van der Waals surface area contributed by atoms with Crippen LogP contribution in [0.25, 0.3) is 0 Å². The summed E-state index contributed by atoms with van der Waals surface area (Å²) in [6, 6.07) is 0. The molecule has 0 aromatic carbocycles. The largest absolute Gasteiger partial charge is 0.476 e. The summed E-state index contributed by atoms with van der Waals surface area (Å²) in [5, 5.41) is 12.7. The molecule has 1 aliphatic carbocycles. The fourth-order valence-corrected chi connectivity index (χ4v) is 2.66. The number of hydrogen-bond donors (Lipinski definition) is 2. The summed E-state index contributed by atoms with van der Waals surface area (Å²) in [5.74, 6) is -0.251. The Labute approximate surface area is 92.3 Å². The lowest BCUT2D eigenvalue weighted by molar-refractivity contribution is 0.0692. The van der Waals surface area contributed by atoms with Crippen LogP contribution in [0, 0.1) is 5.92 Å². The lowest BCUT2D eigenvalue weighted by atomic mass is 10.1. The highest BCUT2D eigenvalue weighted by Crippen LogP contribution is 2.26. The van der Waals surface area contributed by atoms with E-state index in [2.05, 4.69) is 10.3 Å². The molecule has 1 aliphatic rings. The molecular weight excluding hydrogens is 212 g/mol. The van der Waals surface area contributed by atoms with E-state index in [1.165, 1.54) is 37.0 Å². The summed E-state index contributed by atoms with van der Waals surface area (Å²) >= 11 is 1.36. The molecule has 0 spiro atoms.